The van der Waals surface area contributed by atoms with Gasteiger partial charge in [0.2, 0.25) is 10.0 Å². The van der Waals surface area contributed by atoms with Gasteiger partial charge in [-0.25, -0.2) is 17.5 Å². The summed E-state index contributed by atoms with van der Waals surface area (Å²) in [5.41, 5.74) is -0.158. The second-order valence-electron chi connectivity index (χ2n) is 4.37. The lowest BCUT2D eigenvalue weighted by Gasteiger charge is -2.10. The van der Waals surface area contributed by atoms with Crippen molar-refractivity contribution in [3.8, 4) is 0 Å². The van der Waals surface area contributed by atoms with Crippen molar-refractivity contribution in [1.82, 2.24) is 4.72 Å². The Bertz CT molecular complexity index is 759. The van der Waals surface area contributed by atoms with Gasteiger partial charge in [0.1, 0.15) is 10.7 Å². The topological polar surface area (TPSA) is 66.4 Å². The number of aryl methyl sites for hydroxylation is 1. The molecule has 1 aromatic carbocycles. The minimum absolute atomic E-state index is 0.0489. The highest BCUT2D eigenvalue weighted by Crippen LogP contribution is 2.24. The predicted molar refractivity (Wildman–Crippen MR) is 80.4 cm³/mol. The number of nitrogens with one attached hydrogen (secondary N) is 1. The van der Waals surface area contributed by atoms with Crippen molar-refractivity contribution in [2.45, 2.75) is 25.0 Å². The number of rotatable bonds is 5. The van der Waals surface area contributed by atoms with Crippen molar-refractivity contribution >= 4 is 33.0 Å². The number of aliphatic hydroxyl groups excluding tert-OH is 1. The Balaban J connectivity index is 2.29. The summed E-state index contributed by atoms with van der Waals surface area (Å²) in [4.78, 5) is 1.31. The highest BCUT2D eigenvalue weighted by atomic mass is 35.5. The van der Waals surface area contributed by atoms with Gasteiger partial charge in [0.25, 0.3) is 0 Å². The molecule has 4 nitrogen and oxygen atoms in total. The lowest BCUT2D eigenvalue weighted by atomic mass is 10.2. The van der Waals surface area contributed by atoms with E-state index in [0.717, 1.165) is 15.8 Å². The van der Waals surface area contributed by atoms with E-state index in [9.17, 15) is 12.8 Å². The van der Waals surface area contributed by atoms with E-state index in [2.05, 4.69) is 4.72 Å². The monoisotopic (exact) mass is 349 g/mol. The van der Waals surface area contributed by atoms with Crippen LogP contribution >= 0.6 is 22.9 Å². The standard InChI is InChI=1S/C13H13ClFNO3S2/c1-8-2-3-11(20-8)6-16-21(18,19)12-5-10(14)4-9(7-17)13(12)15/h2-5,16-17H,6-7H2,1H3. The fraction of sp³-hybridized carbons (Fsp3) is 0.231. The minimum Gasteiger partial charge on any atom is -0.392 e. The lowest BCUT2D eigenvalue weighted by molar-refractivity contribution is 0.274. The van der Waals surface area contributed by atoms with E-state index in [1.165, 1.54) is 17.4 Å². The van der Waals surface area contributed by atoms with Gasteiger partial charge in [0.15, 0.2) is 0 Å². The molecular weight excluding hydrogens is 337 g/mol. The van der Waals surface area contributed by atoms with Gasteiger partial charge in [-0.1, -0.05) is 11.6 Å². The zero-order valence-electron chi connectivity index (χ0n) is 11.1. The molecule has 0 radical (unpaired) electrons. The van der Waals surface area contributed by atoms with Crippen LogP contribution in [0.15, 0.2) is 29.2 Å². The molecule has 0 spiro atoms. The normalized spacial score (nSPS) is 11.8. The van der Waals surface area contributed by atoms with Crippen LogP contribution in [0.25, 0.3) is 0 Å². The number of hydrogen-bond acceptors (Lipinski definition) is 4. The average molecular weight is 350 g/mol. The molecule has 0 aliphatic carbocycles. The maximum absolute atomic E-state index is 14.0. The Kier molecular flexibility index (Phi) is 5.00. The van der Waals surface area contributed by atoms with Gasteiger partial charge in [0, 0.05) is 26.9 Å². The summed E-state index contributed by atoms with van der Waals surface area (Å²) in [6, 6.07) is 5.89. The molecule has 1 heterocycles. The molecule has 2 N–H and O–H groups in total. The minimum atomic E-state index is -4.05. The van der Waals surface area contributed by atoms with E-state index >= 15 is 0 Å². The van der Waals surface area contributed by atoms with Crippen LogP contribution in [0, 0.1) is 12.7 Å². The van der Waals surface area contributed by atoms with E-state index in [-0.39, 0.29) is 17.1 Å². The number of sulfonamides is 1. The van der Waals surface area contributed by atoms with Crippen LogP contribution in [0.3, 0.4) is 0 Å². The van der Waals surface area contributed by atoms with E-state index in [0.29, 0.717) is 0 Å². The first kappa shape index (κ1) is 16.4. The Labute approximate surface area is 131 Å². The van der Waals surface area contributed by atoms with Gasteiger partial charge in [-0.05, 0) is 31.2 Å². The van der Waals surface area contributed by atoms with Crippen LogP contribution in [-0.2, 0) is 23.2 Å². The molecule has 0 aliphatic rings. The molecule has 0 bridgehead atoms. The molecule has 0 aliphatic heterocycles. The quantitative estimate of drug-likeness (QED) is 0.872. The lowest BCUT2D eigenvalue weighted by Crippen LogP contribution is -2.24. The first-order valence-electron chi connectivity index (χ1n) is 5.97. The molecule has 2 rings (SSSR count). The second kappa shape index (κ2) is 6.41. The van der Waals surface area contributed by atoms with Crippen LogP contribution in [0.4, 0.5) is 4.39 Å². The Morgan fingerprint density at radius 1 is 1.38 bits per heavy atom. The molecule has 2 aromatic rings. The van der Waals surface area contributed by atoms with Gasteiger partial charge in [-0.2, -0.15) is 0 Å². The maximum Gasteiger partial charge on any atom is 0.243 e. The van der Waals surface area contributed by atoms with Crippen molar-refractivity contribution in [2.75, 3.05) is 0 Å². The van der Waals surface area contributed by atoms with Gasteiger partial charge < -0.3 is 5.11 Å². The van der Waals surface area contributed by atoms with Crippen molar-refractivity contribution in [3.63, 3.8) is 0 Å². The molecule has 0 atom stereocenters. The predicted octanol–water partition coefficient (Wildman–Crippen LogP) is 2.82. The second-order valence-corrected chi connectivity index (χ2v) is 7.92. The first-order chi connectivity index (χ1) is 9.83. The fourth-order valence-corrected chi connectivity index (χ4v) is 4.13. The molecular formula is C13H13ClFNO3S2. The SMILES string of the molecule is Cc1ccc(CNS(=O)(=O)c2cc(Cl)cc(CO)c2F)s1. The molecule has 0 saturated heterocycles. The summed E-state index contributed by atoms with van der Waals surface area (Å²) in [6.07, 6.45) is 0. The molecule has 0 fully saturated rings. The third-order valence-electron chi connectivity index (χ3n) is 2.77. The Morgan fingerprint density at radius 2 is 2.10 bits per heavy atom. The largest absolute Gasteiger partial charge is 0.392 e. The van der Waals surface area contributed by atoms with Crippen LogP contribution < -0.4 is 4.72 Å². The van der Waals surface area contributed by atoms with Crippen molar-refractivity contribution < 1.29 is 17.9 Å². The van der Waals surface area contributed by atoms with Crippen molar-refractivity contribution in [1.29, 1.82) is 0 Å². The zero-order chi connectivity index (χ0) is 15.6. The van der Waals surface area contributed by atoms with Gasteiger partial charge >= 0.3 is 0 Å². The van der Waals surface area contributed by atoms with Gasteiger partial charge in [0.05, 0.1) is 6.61 Å². The molecule has 8 heteroatoms. The molecule has 0 saturated carbocycles. The molecule has 0 unspecified atom stereocenters. The van der Waals surface area contributed by atoms with Crippen LogP contribution in [0.2, 0.25) is 5.02 Å². The maximum atomic E-state index is 14.0. The summed E-state index contributed by atoms with van der Waals surface area (Å²) in [7, 11) is -4.05. The molecule has 0 amide bonds. The van der Waals surface area contributed by atoms with E-state index < -0.39 is 27.3 Å². The van der Waals surface area contributed by atoms with Crippen LogP contribution in [0.5, 0.6) is 0 Å². The van der Waals surface area contributed by atoms with E-state index in [4.69, 9.17) is 16.7 Å². The van der Waals surface area contributed by atoms with Crippen molar-refractivity contribution in [3.05, 3.63) is 50.4 Å². The van der Waals surface area contributed by atoms with Gasteiger partial charge in [-0.15, -0.1) is 11.3 Å². The summed E-state index contributed by atoms with van der Waals surface area (Å²) in [5.74, 6) is -0.989. The number of thiophene rings is 1. The summed E-state index contributed by atoms with van der Waals surface area (Å²) in [5, 5.41) is 9.08. The first-order valence-corrected chi connectivity index (χ1v) is 8.65. The van der Waals surface area contributed by atoms with E-state index in [1.807, 2.05) is 13.0 Å². The number of benzene rings is 1. The summed E-state index contributed by atoms with van der Waals surface area (Å²) in [6.45, 7) is 1.35. The number of halogens is 2. The third kappa shape index (κ3) is 3.81. The highest BCUT2D eigenvalue weighted by molar-refractivity contribution is 7.89. The number of hydrogen-bond donors (Lipinski definition) is 2. The average Bonchev–Trinajstić information content (AvgIpc) is 2.84. The number of aliphatic hydroxyl groups is 1. The zero-order valence-corrected chi connectivity index (χ0v) is 13.4. The van der Waals surface area contributed by atoms with Crippen LogP contribution in [0.1, 0.15) is 15.3 Å². The fourth-order valence-electron chi connectivity index (χ4n) is 1.75. The van der Waals surface area contributed by atoms with Crippen LogP contribution in [-0.4, -0.2) is 13.5 Å². The Hall–Kier alpha value is -0.990. The van der Waals surface area contributed by atoms with E-state index in [1.54, 1.807) is 6.07 Å². The third-order valence-corrected chi connectivity index (χ3v) is 5.39. The summed E-state index contributed by atoms with van der Waals surface area (Å²) < 4.78 is 40.7. The molecule has 114 valence electrons. The van der Waals surface area contributed by atoms with Gasteiger partial charge in [-0.3, -0.25) is 0 Å². The highest BCUT2D eigenvalue weighted by Gasteiger charge is 2.22. The molecule has 21 heavy (non-hydrogen) atoms. The smallest absolute Gasteiger partial charge is 0.243 e. The van der Waals surface area contributed by atoms with Crippen molar-refractivity contribution in [2.24, 2.45) is 0 Å². The summed E-state index contributed by atoms with van der Waals surface area (Å²) >= 11 is 7.21. The Morgan fingerprint density at radius 3 is 2.67 bits per heavy atom. The molecule has 1 aromatic heterocycles.